The van der Waals surface area contributed by atoms with Crippen molar-refractivity contribution in [3.8, 4) is 34.0 Å². The Labute approximate surface area is 183 Å². The lowest BCUT2D eigenvalue weighted by molar-refractivity contribution is 0.100. The van der Waals surface area contributed by atoms with Gasteiger partial charge in [0.1, 0.15) is 11.5 Å². The number of anilines is 1. The number of carbonyl (C=O) groups excluding carboxylic acids is 1. The van der Waals surface area contributed by atoms with E-state index in [1.54, 1.807) is 12.1 Å². The molecule has 0 fully saturated rings. The standard InChI is InChI=1S/C25H19N5O2/c26-24-22-21(29-30-24)14-20(18-8-4-5-9-19(18)25(27)31)28-23(22)15-10-12-17(13-11-15)32-16-6-2-1-3-7-16/h1-14H,(H2,27,31)(H3,26,29,30). The molecule has 0 saturated carbocycles. The molecule has 0 aliphatic carbocycles. The van der Waals surface area contributed by atoms with Crippen molar-refractivity contribution in [1.29, 1.82) is 0 Å². The van der Waals surface area contributed by atoms with Crippen LogP contribution in [-0.2, 0) is 0 Å². The molecular weight excluding hydrogens is 402 g/mol. The van der Waals surface area contributed by atoms with Crippen LogP contribution >= 0.6 is 0 Å². The van der Waals surface area contributed by atoms with Crippen LogP contribution in [0.4, 0.5) is 5.82 Å². The molecule has 3 aromatic carbocycles. The van der Waals surface area contributed by atoms with Crippen LogP contribution in [0.3, 0.4) is 0 Å². The maximum Gasteiger partial charge on any atom is 0.249 e. The van der Waals surface area contributed by atoms with Crippen molar-refractivity contribution in [2.45, 2.75) is 0 Å². The first kappa shape index (κ1) is 19.3. The molecule has 0 bridgehead atoms. The summed E-state index contributed by atoms with van der Waals surface area (Å²) in [6, 6.07) is 26.0. The van der Waals surface area contributed by atoms with Gasteiger partial charge in [0.2, 0.25) is 5.91 Å². The first-order chi connectivity index (χ1) is 15.6. The van der Waals surface area contributed by atoms with Crippen molar-refractivity contribution < 1.29 is 9.53 Å². The first-order valence-corrected chi connectivity index (χ1v) is 9.97. The monoisotopic (exact) mass is 421 g/mol. The van der Waals surface area contributed by atoms with Crippen LogP contribution in [0.25, 0.3) is 33.4 Å². The van der Waals surface area contributed by atoms with Crippen molar-refractivity contribution in [2.24, 2.45) is 5.73 Å². The van der Waals surface area contributed by atoms with E-state index in [9.17, 15) is 4.79 Å². The third kappa shape index (κ3) is 3.52. The number of ether oxygens (including phenoxy) is 1. The number of H-pyrrole nitrogens is 1. The van der Waals surface area contributed by atoms with Crippen LogP contribution < -0.4 is 16.2 Å². The lowest BCUT2D eigenvalue weighted by Gasteiger charge is -2.11. The normalized spacial score (nSPS) is 10.9. The lowest BCUT2D eigenvalue weighted by Crippen LogP contribution is -2.12. The highest BCUT2D eigenvalue weighted by Crippen LogP contribution is 2.35. The van der Waals surface area contributed by atoms with Gasteiger partial charge in [0, 0.05) is 16.7 Å². The zero-order chi connectivity index (χ0) is 22.1. The zero-order valence-corrected chi connectivity index (χ0v) is 16.9. The highest BCUT2D eigenvalue weighted by Gasteiger charge is 2.17. The van der Waals surface area contributed by atoms with Gasteiger partial charge in [-0.3, -0.25) is 9.89 Å². The number of nitrogens with zero attached hydrogens (tertiary/aromatic N) is 2. The van der Waals surface area contributed by atoms with Gasteiger partial charge in [-0.2, -0.15) is 5.10 Å². The van der Waals surface area contributed by atoms with Gasteiger partial charge in [-0.05, 0) is 48.5 Å². The Balaban J connectivity index is 1.61. The van der Waals surface area contributed by atoms with Crippen LogP contribution in [0.5, 0.6) is 11.5 Å². The second-order valence-electron chi connectivity index (χ2n) is 7.24. The number of primary amides is 1. The number of fused-ring (bicyclic) bond motifs is 1. The van der Waals surface area contributed by atoms with E-state index < -0.39 is 5.91 Å². The summed E-state index contributed by atoms with van der Waals surface area (Å²) in [6.07, 6.45) is 0. The average molecular weight is 421 g/mol. The largest absolute Gasteiger partial charge is 0.457 e. The molecule has 0 radical (unpaired) electrons. The molecular formula is C25H19N5O2. The van der Waals surface area contributed by atoms with Crippen molar-refractivity contribution in [2.75, 3.05) is 5.73 Å². The minimum atomic E-state index is -0.518. The molecule has 5 rings (SSSR count). The van der Waals surface area contributed by atoms with Crippen molar-refractivity contribution >= 4 is 22.6 Å². The van der Waals surface area contributed by atoms with Crippen LogP contribution in [0.15, 0.2) is 84.9 Å². The predicted molar refractivity (Wildman–Crippen MR) is 124 cm³/mol. The average Bonchev–Trinajstić information content (AvgIpc) is 3.20. The Bertz CT molecular complexity index is 1430. The molecule has 0 aliphatic heterocycles. The minimum Gasteiger partial charge on any atom is -0.457 e. The molecule has 5 N–H and O–H groups in total. The lowest BCUT2D eigenvalue weighted by atomic mass is 10.0. The van der Waals surface area contributed by atoms with E-state index in [4.69, 9.17) is 21.2 Å². The number of hydrogen-bond acceptors (Lipinski definition) is 5. The fraction of sp³-hybridized carbons (Fsp3) is 0. The molecule has 7 nitrogen and oxygen atoms in total. The predicted octanol–water partition coefficient (Wildman–Crippen LogP) is 4.77. The molecule has 0 unspecified atom stereocenters. The second kappa shape index (κ2) is 7.88. The van der Waals surface area contributed by atoms with E-state index in [-0.39, 0.29) is 0 Å². The summed E-state index contributed by atoms with van der Waals surface area (Å²) in [5.74, 6) is 1.29. The van der Waals surface area contributed by atoms with Gasteiger partial charge in [-0.25, -0.2) is 4.98 Å². The van der Waals surface area contributed by atoms with Crippen molar-refractivity contribution in [3.63, 3.8) is 0 Å². The van der Waals surface area contributed by atoms with E-state index in [0.717, 1.165) is 11.3 Å². The van der Waals surface area contributed by atoms with E-state index >= 15 is 0 Å². The number of nitrogen functional groups attached to an aromatic ring is 1. The topological polar surface area (TPSA) is 120 Å². The van der Waals surface area contributed by atoms with Crippen molar-refractivity contribution in [3.05, 3.63) is 90.5 Å². The third-order valence-electron chi connectivity index (χ3n) is 5.15. The number of nitrogens with one attached hydrogen (secondary N) is 1. The Morgan fingerprint density at radius 1 is 0.875 bits per heavy atom. The molecule has 5 aromatic rings. The number of rotatable bonds is 5. The summed E-state index contributed by atoms with van der Waals surface area (Å²) in [7, 11) is 0. The van der Waals surface area contributed by atoms with E-state index in [0.29, 0.717) is 45.0 Å². The Morgan fingerprint density at radius 3 is 2.31 bits per heavy atom. The van der Waals surface area contributed by atoms with Crippen LogP contribution in [0.2, 0.25) is 0 Å². The number of benzene rings is 3. The molecule has 7 heteroatoms. The maximum atomic E-state index is 11.9. The number of pyridine rings is 1. The van der Waals surface area contributed by atoms with Gasteiger partial charge in [-0.15, -0.1) is 0 Å². The van der Waals surface area contributed by atoms with Gasteiger partial charge in [0.15, 0.2) is 5.82 Å². The Morgan fingerprint density at radius 2 is 1.56 bits per heavy atom. The molecule has 2 heterocycles. The smallest absolute Gasteiger partial charge is 0.249 e. The number of amides is 1. The fourth-order valence-electron chi connectivity index (χ4n) is 3.64. The van der Waals surface area contributed by atoms with E-state index in [1.165, 1.54) is 0 Å². The molecule has 0 saturated heterocycles. The summed E-state index contributed by atoms with van der Waals surface area (Å²) < 4.78 is 5.89. The first-order valence-electron chi connectivity index (χ1n) is 9.97. The van der Waals surface area contributed by atoms with Crippen molar-refractivity contribution in [1.82, 2.24) is 15.2 Å². The van der Waals surface area contributed by atoms with Crippen LogP contribution in [0.1, 0.15) is 10.4 Å². The Kier molecular flexibility index (Phi) is 4.76. The fourth-order valence-corrected chi connectivity index (χ4v) is 3.64. The third-order valence-corrected chi connectivity index (χ3v) is 5.15. The molecule has 2 aromatic heterocycles. The van der Waals surface area contributed by atoms with E-state index in [2.05, 4.69) is 10.2 Å². The molecule has 0 aliphatic rings. The summed E-state index contributed by atoms with van der Waals surface area (Å²) in [5, 5.41) is 7.80. The number of nitrogens with two attached hydrogens (primary N) is 2. The Hall–Kier alpha value is -4.65. The SMILES string of the molecule is NC(=O)c1ccccc1-c1cc2[nH]nc(N)c2c(-c2ccc(Oc3ccccc3)cc2)n1. The number of para-hydroxylation sites is 1. The number of aromatic amines is 1. The summed E-state index contributed by atoms with van der Waals surface area (Å²) in [6.45, 7) is 0. The summed E-state index contributed by atoms with van der Waals surface area (Å²) in [4.78, 5) is 16.8. The summed E-state index contributed by atoms with van der Waals surface area (Å²) >= 11 is 0. The highest BCUT2D eigenvalue weighted by molar-refractivity contribution is 6.04. The molecule has 32 heavy (non-hydrogen) atoms. The van der Waals surface area contributed by atoms with Gasteiger partial charge in [0.25, 0.3) is 0 Å². The van der Waals surface area contributed by atoms with Gasteiger partial charge >= 0.3 is 0 Å². The summed E-state index contributed by atoms with van der Waals surface area (Å²) in [5.41, 5.74) is 15.5. The van der Waals surface area contributed by atoms with Gasteiger partial charge in [-0.1, -0.05) is 36.4 Å². The molecule has 0 spiro atoms. The second-order valence-corrected chi connectivity index (χ2v) is 7.24. The van der Waals surface area contributed by atoms with Gasteiger partial charge < -0.3 is 16.2 Å². The maximum absolute atomic E-state index is 11.9. The zero-order valence-electron chi connectivity index (χ0n) is 16.9. The molecule has 156 valence electrons. The van der Waals surface area contributed by atoms with Gasteiger partial charge in [0.05, 0.1) is 22.3 Å². The van der Waals surface area contributed by atoms with Crippen LogP contribution in [-0.4, -0.2) is 21.1 Å². The van der Waals surface area contributed by atoms with E-state index in [1.807, 2.05) is 72.8 Å². The highest BCUT2D eigenvalue weighted by atomic mass is 16.5. The quantitative estimate of drug-likeness (QED) is 0.378. The molecule has 1 amide bonds. The molecule has 0 atom stereocenters. The number of aromatic nitrogens is 3. The number of carbonyl (C=O) groups is 1. The minimum absolute atomic E-state index is 0.349. The number of hydrogen-bond donors (Lipinski definition) is 3. The van der Waals surface area contributed by atoms with Crippen LogP contribution in [0, 0.1) is 0 Å².